The molecule has 1 aromatic rings. The van der Waals surface area contributed by atoms with E-state index in [9.17, 15) is 0 Å². The molecule has 0 aliphatic heterocycles. The van der Waals surface area contributed by atoms with Crippen molar-refractivity contribution < 1.29 is 0 Å². The lowest BCUT2D eigenvalue weighted by Gasteiger charge is -2.21. The average molecular weight is 236 g/mol. The summed E-state index contributed by atoms with van der Waals surface area (Å²) in [6.07, 6.45) is 7.13. The molecule has 0 aliphatic carbocycles. The minimum absolute atomic E-state index is 0.275. The van der Waals surface area contributed by atoms with Crippen molar-refractivity contribution in [1.82, 2.24) is 5.32 Å². The summed E-state index contributed by atoms with van der Waals surface area (Å²) in [5, 5.41) is 4.28. The van der Waals surface area contributed by atoms with E-state index in [1.54, 1.807) is 0 Å². The van der Waals surface area contributed by atoms with Crippen molar-refractivity contribution in [2.75, 3.05) is 0 Å². The minimum atomic E-state index is 0.275. The first kappa shape index (κ1) is 13.1. The Morgan fingerprint density at radius 1 is 1.50 bits per heavy atom. The highest BCUT2D eigenvalue weighted by Crippen LogP contribution is 2.18. The maximum atomic E-state index is 5.96. The summed E-state index contributed by atoms with van der Waals surface area (Å²) in [4.78, 5) is 0. The molecule has 2 heteroatoms. The Morgan fingerprint density at radius 2 is 2.25 bits per heavy atom. The summed E-state index contributed by atoms with van der Waals surface area (Å²) in [6, 6.07) is 8.57. The molecule has 0 fully saturated rings. The second kappa shape index (κ2) is 6.58. The van der Waals surface area contributed by atoms with Gasteiger partial charge in [-0.2, -0.15) is 0 Å². The molecule has 0 heterocycles. The van der Waals surface area contributed by atoms with Gasteiger partial charge in [-0.05, 0) is 31.0 Å². The number of hydrogen-bond donors (Lipinski definition) is 1. The Kier molecular flexibility index (Phi) is 5.38. The van der Waals surface area contributed by atoms with E-state index >= 15 is 0 Å². The van der Waals surface area contributed by atoms with E-state index in [1.165, 1.54) is 5.56 Å². The number of nitrogens with one attached hydrogen (secondary N) is 1. The molecule has 0 aliphatic rings. The lowest BCUT2D eigenvalue weighted by molar-refractivity contribution is 0.449. The smallest absolute Gasteiger partial charge is 0.0409 e. The van der Waals surface area contributed by atoms with Crippen LogP contribution in [0.3, 0.4) is 0 Å². The molecule has 0 aromatic heterocycles. The normalized spacial score (nSPS) is 14.1. The molecule has 0 bridgehead atoms. The van der Waals surface area contributed by atoms with Crippen LogP contribution in [0.4, 0.5) is 0 Å². The number of halogens is 1. The standard InChI is InChI=1S/C14H18ClN/c1-4-7-14(5-2)16-11(3)12-8-6-9-13(15)10-12/h1,6,8-11,14,16H,5,7H2,2-3H3. The first-order valence-corrected chi connectivity index (χ1v) is 6.00. The van der Waals surface area contributed by atoms with Crippen molar-refractivity contribution in [2.24, 2.45) is 0 Å². The number of benzene rings is 1. The minimum Gasteiger partial charge on any atom is -0.307 e. The van der Waals surface area contributed by atoms with Crippen LogP contribution in [0.2, 0.25) is 5.02 Å². The lowest BCUT2D eigenvalue weighted by Crippen LogP contribution is -2.30. The van der Waals surface area contributed by atoms with E-state index in [-0.39, 0.29) is 6.04 Å². The van der Waals surface area contributed by atoms with Crippen LogP contribution in [0.25, 0.3) is 0 Å². The van der Waals surface area contributed by atoms with Gasteiger partial charge >= 0.3 is 0 Å². The van der Waals surface area contributed by atoms with Crippen LogP contribution < -0.4 is 5.32 Å². The van der Waals surface area contributed by atoms with Crippen molar-refractivity contribution in [3.63, 3.8) is 0 Å². The molecule has 0 saturated heterocycles. The van der Waals surface area contributed by atoms with Crippen LogP contribution in [-0.4, -0.2) is 6.04 Å². The van der Waals surface area contributed by atoms with Crippen molar-refractivity contribution >= 4 is 11.6 Å². The lowest BCUT2D eigenvalue weighted by atomic mass is 10.1. The third kappa shape index (κ3) is 3.89. The summed E-state index contributed by atoms with van der Waals surface area (Å²) >= 11 is 5.96. The number of rotatable bonds is 5. The Labute approximate surface area is 103 Å². The molecule has 1 rings (SSSR count). The van der Waals surface area contributed by atoms with Gasteiger partial charge in [0.15, 0.2) is 0 Å². The Morgan fingerprint density at radius 3 is 2.81 bits per heavy atom. The van der Waals surface area contributed by atoms with Crippen LogP contribution >= 0.6 is 11.6 Å². The monoisotopic (exact) mass is 235 g/mol. The van der Waals surface area contributed by atoms with Gasteiger partial charge in [0, 0.05) is 23.5 Å². The van der Waals surface area contributed by atoms with Gasteiger partial charge in [-0.15, -0.1) is 12.3 Å². The van der Waals surface area contributed by atoms with Gasteiger partial charge in [0.25, 0.3) is 0 Å². The highest BCUT2D eigenvalue weighted by molar-refractivity contribution is 6.30. The number of hydrogen-bond acceptors (Lipinski definition) is 1. The molecule has 0 spiro atoms. The fourth-order valence-electron chi connectivity index (χ4n) is 1.69. The fourth-order valence-corrected chi connectivity index (χ4v) is 1.89. The zero-order chi connectivity index (χ0) is 12.0. The second-order valence-corrected chi connectivity index (χ2v) is 4.39. The van der Waals surface area contributed by atoms with Gasteiger partial charge in [-0.1, -0.05) is 30.7 Å². The van der Waals surface area contributed by atoms with Crippen LogP contribution in [0.1, 0.15) is 38.3 Å². The summed E-state index contributed by atoms with van der Waals surface area (Å²) in [6.45, 7) is 4.27. The maximum absolute atomic E-state index is 5.96. The topological polar surface area (TPSA) is 12.0 Å². The van der Waals surface area contributed by atoms with Gasteiger partial charge in [-0.3, -0.25) is 0 Å². The molecule has 86 valence electrons. The molecule has 2 atom stereocenters. The van der Waals surface area contributed by atoms with Crippen LogP contribution in [0.5, 0.6) is 0 Å². The first-order chi connectivity index (χ1) is 7.67. The predicted molar refractivity (Wildman–Crippen MR) is 70.5 cm³/mol. The fraction of sp³-hybridized carbons (Fsp3) is 0.429. The molecule has 2 unspecified atom stereocenters. The van der Waals surface area contributed by atoms with Crippen molar-refractivity contribution in [2.45, 2.75) is 38.8 Å². The second-order valence-electron chi connectivity index (χ2n) is 3.96. The van der Waals surface area contributed by atoms with E-state index in [0.29, 0.717) is 6.04 Å². The van der Waals surface area contributed by atoms with Gasteiger partial charge in [-0.25, -0.2) is 0 Å². The largest absolute Gasteiger partial charge is 0.307 e. The molecule has 0 saturated carbocycles. The Bertz CT molecular complexity index is 367. The number of terminal acetylenes is 1. The van der Waals surface area contributed by atoms with Crippen LogP contribution in [0, 0.1) is 12.3 Å². The molecule has 1 aromatic carbocycles. The highest BCUT2D eigenvalue weighted by Gasteiger charge is 2.10. The third-order valence-corrected chi connectivity index (χ3v) is 2.93. The zero-order valence-electron chi connectivity index (χ0n) is 9.83. The van der Waals surface area contributed by atoms with Crippen LogP contribution in [0.15, 0.2) is 24.3 Å². The quantitative estimate of drug-likeness (QED) is 0.766. The first-order valence-electron chi connectivity index (χ1n) is 5.62. The molecule has 0 amide bonds. The SMILES string of the molecule is C#CCC(CC)NC(C)c1cccc(Cl)c1. The van der Waals surface area contributed by atoms with E-state index in [2.05, 4.69) is 31.2 Å². The van der Waals surface area contributed by atoms with Gasteiger partial charge < -0.3 is 5.32 Å². The molecular formula is C14H18ClN. The average Bonchev–Trinajstić information content (AvgIpc) is 2.28. The summed E-state index contributed by atoms with van der Waals surface area (Å²) in [5.74, 6) is 2.70. The summed E-state index contributed by atoms with van der Waals surface area (Å²) < 4.78 is 0. The maximum Gasteiger partial charge on any atom is 0.0409 e. The van der Waals surface area contributed by atoms with Gasteiger partial charge in [0.05, 0.1) is 0 Å². The van der Waals surface area contributed by atoms with Crippen LogP contribution in [-0.2, 0) is 0 Å². The zero-order valence-corrected chi connectivity index (χ0v) is 10.6. The molecule has 16 heavy (non-hydrogen) atoms. The van der Waals surface area contributed by atoms with Crippen molar-refractivity contribution in [3.05, 3.63) is 34.9 Å². The summed E-state index contributed by atoms with van der Waals surface area (Å²) in [7, 11) is 0. The van der Waals surface area contributed by atoms with E-state index in [0.717, 1.165) is 17.9 Å². The predicted octanol–water partition coefficient (Wildman–Crippen LogP) is 3.79. The highest BCUT2D eigenvalue weighted by atomic mass is 35.5. The molecular weight excluding hydrogens is 218 g/mol. The van der Waals surface area contributed by atoms with E-state index < -0.39 is 0 Å². The van der Waals surface area contributed by atoms with Gasteiger partial charge in [0.2, 0.25) is 0 Å². The molecule has 1 nitrogen and oxygen atoms in total. The van der Waals surface area contributed by atoms with Crippen molar-refractivity contribution in [1.29, 1.82) is 0 Å². The summed E-state index contributed by atoms with van der Waals surface area (Å²) in [5.41, 5.74) is 1.20. The van der Waals surface area contributed by atoms with Crippen molar-refractivity contribution in [3.8, 4) is 12.3 Å². The van der Waals surface area contributed by atoms with Gasteiger partial charge in [0.1, 0.15) is 0 Å². The molecule has 0 radical (unpaired) electrons. The Hall–Kier alpha value is -0.970. The van der Waals surface area contributed by atoms with E-state index in [4.69, 9.17) is 18.0 Å². The molecule has 1 N–H and O–H groups in total. The Balaban J connectivity index is 2.64. The third-order valence-electron chi connectivity index (χ3n) is 2.69. The van der Waals surface area contributed by atoms with E-state index in [1.807, 2.05) is 18.2 Å².